The van der Waals surface area contributed by atoms with E-state index in [1.54, 1.807) is 4.90 Å². The van der Waals surface area contributed by atoms with E-state index in [0.29, 0.717) is 23.9 Å². The molecule has 5 rings (SSSR count). The smallest absolute Gasteiger partial charge is 0.240 e. The van der Waals surface area contributed by atoms with E-state index in [-0.39, 0.29) is 11.7 Å². The number of carbonyl (C=O) groups is 2. The lowest BCUT2D eigenvalue weighted by molar-refractivity contribution is -0.138. The number of benzene rings is 2. The maximum Gasteiger partial charge on any atom is 0.240 e. The predicted molar refractivity (Wildman–Crippen MR) is 133 cm³/mol. The SMILES string of the molecule is Cc1ccccc1-n1c(SCC(=O)N2CCCCC2C(N)=O)nnc1-c1c[nH]c2ccccc12. The summed E-state index contributed by atoms with van der Waals surface area (Å²) in [7, 11) is 0. The minimum absolute atomic E-state index is 0.110. The quantitative estimate of drug-likeness (QED) is 0.414. The number of aromatic nitrogens is 4. The number of nitrogens with two attached hydrogens (primary N) is 1. The number of para-hydroxylation sites is 2. The zero-order valence-corrected chi connectivity index (χ0v) is 19.7. The van der Waals surface area contributed by atoms with Crippen molar-refractivity contribution in [2.24, 2.45) is 5.73 Å². The highest BCUT2D eigenvalue weighted by Gasteiger charge is 2.31. The first-order chi connectivity index (χ1) is 16.5. The average molecular weight is 475 g/mol. The topological polar surface area (TPSA) is 110 Å². The summed E-state index contributed by atoms with van der Waals surface area (Å²) in [5.41, 5.74) is 9.54. The largest absolute Gasteiger partial charge is 0.368 e. The number of thioether (sulfide) groups is 1. The van der Waals surface area contributed by atoms with Crippen LogP contribution < -0.4 is 5.73 Å². The molecule has 1 fully saturated rings. The van der Waals surface area contributed by atoms with E-state index < -0.39 is 11.9 Å². The second kappa shape index (κ2) is 9.34. The first kappa shape index (κ1) is 22.2. The maximum absolute atomic E-state index is 13.0. The van der Waals surface area contributed by atoms with Crippen LogP contribution in [0.25, 0.3) is 28.0 Å². The van der Waals surface area contributed by atoms with E-state index in [0.717, 1.165) is 40.6 Å². The van der Waals surface area contributed by atoms with Crippen molar-refractivity contribution in [1.29, 1.82) is 0 Å². The minimum Gasteiger partial charge on any atom is -0.368 e. The van der Waals surface area contributed by atoms with E-state index in [4.69, 9.17) is 5.73 Å². The van der Waals surface area contributed by atoms with Gasteiger partial charge >= 0.3 is 0 Å². The van der Waals surface area contributed by atoms with E-state index in [9.17, 15) is 9.59 Å². The fourth-order valence-corrected chi connectivity index (χ4v) is 5.39. The number of nitrogens with one attached hydrogen (secondary N) is 1. The Balaban J connectivity index is 1.50. The number of fused-ring (bicyclic) bond motifs is 1. The number of primary amides is 1. The molecule has 2 aromatic heterocycles. The van der Waals surface area contributed by atoms with Crippen molar-refractivity contribution in [3.8, 4) is 17.1 Å². The molecular formula is C25H26N6O2S. The lowest BCUT2D eigenvalue weighted by Gasteiger charge is -2.33. The number of hydrogen-bond donors (Lipinski definition) is 2. The number of rotatable bonds is 6. The zero-order chi connectivity index (χ0) is 23.7. The van der Waals surface area contributed by atoms with E-state index in [1.165, 1.54) is 11.8 Å². The van der Waals surface area contributed by atoms with Gasteiger partial charge in [-0.2, -0.15) is 0 Å². The summed E-state index contributed by atoms with van der Waals surface area (Å²) in [5, 5.41) is 10.7. The van der Waals surface area contributed by atoms with Crippen LogP contribution in [0.5, 0.6) is 0 Å². The number of piperidine rings is 1. The van der Waals surface area contributed by atoms with Gasteiger partial charge in [0.15, 0.2) is 11.0 Å². The number of aromatic amines is 1. The molecule has 1 aliphatic rings. The maximum atomic E-state index is 13.0. The van der Waals surface area contributed by atoms with Crippen LogP contribution in [-0.2, 0) is 9.59 Å². The number of H-pyrrole nitrogens is 1. The molecule has 34 heavy (non-hydrogen) atoms. The number of likely N-dealkylation sites (tertiary alicyclic amines) is 1. The Kier molecular flexibility index (Phi) is 6.10. The van der Waals surface area contributed by atoms with Gasteiger partial charge in [0.05, 0.1) is 11.4 Å². The molecule has 174 valence electrons. The summed E-state index contributed by atoms with van der Waals surface area (Å²) in [6.45, 7) is 2.59. The first-order valence-electron chi connectivity index (χ1n) is 11.3. The lowest BCUT2D eigenvalue weighted by Crippen LogP contribution is -2.51. The highest BCUT2D eigenvalue weighted by molar-refractivity contribution is 7.99. The van der Waals surface area contributed by atoms with Gasteiger partial charge in [-0.15, -0.1) is 10.2 Å². The Hall–Kier alpha value is -3.59. The van der Waals surface area contributed by atoms with E-state index in [2.05, 4.69) is 21.2 Å². The molecule has 0 saturated carbocycles. The van der Waals surface area contributed by atoms with Crippen LogP contribution >= 0.6 is 11.8 Å². The van der Waals surface area contributed by atoms with Gasteiger partial charge in [-0.3, -0.25) is 14.2 Å². The monoisotopic (exact) mass is 474 g/mol. The first-order valence-corrected chi connectivity index (χ1v) is 12.3. The second-order valence-electron chi connectivity index (χ2n) is 8.47. The Morgan fingerprint density at radius 1 is 1.12 bits per heavy atom. The molecule has 9 heteroatoms. The zero-order valence-electron chi connectivity index (χ0n) is 18.9. The molecule has 1 saturated heterocycles. The number of aryl methyl sites for hydroxylation is 1. The molecule has 2 aromatic carbocycles. The van der Waals surface area contributed by atoms with Crippen LogP contribution in [0.15, 0.2) is 59.9 Å². The van der Waals surface area contributed by atoms with Crippen molar-refractivity contribution in [2.45, 2.75) is 37.4 Å². The molecule has 3 heterocycles. The normalized spacial score (nSPS) is 16.1. The highest BCUT2D eigenvalue weighted by atomic mass is 32.2. The van der Waals surface area contributed by atoms with Crippen LogP contribution in [0.4, 0.5) is 0 Å². The summed E-state index contributed by atoms with van der Waals surface area (Å²) in [6.07, 6.45) is 4.34. The summed E-state index contributed by atoms with van der Waals surface area (Å²) < 4.78 is 2.00. The summed E-state index contributed by atoms with van der Waals surface area (Å²) in [6, 6.07) is 15.6. The lowest BCUT2D eigenvalue weighted by atomic mass is 10.0. The van der Waals surface area contributed by atoms with Crippen molar-refractivity contribution >= 4 is 34.5 Å². The second-order valence-corrected chi connectivity index (χ2v) is 9.41. The molecule has 3 N–H and O–H groups in total. The van der Waals surface area contributed by atoms with Crippen molar-refractivity contribution in [1.82, 2.24) is 24.6 Å². The standard InChI is InChI=1S/C25H26N6O2S/c1-16-8-2-5-11-20(16)31-24(18-14-27-19-10-4-3-9-17(18)19)28-29-25(31)34-15-22(32)30-13-7-6-12-21(30)23(26)33/h2-5,8-11,14,21,27H,6-7,12-13,15H2,1H3,(H2,26,33). The van der Waals surface area contributed by atoms with E-state index >= 15 is 0 Å². The van der Waals surface area contributed by atoms with Crippen molar-refractivity contribution in [3.63, 3.8) is 0 Å². The third kappa shape index (κ3) is 4.07. The number of hydrogen-bond acceptors (Lipinski definition) is 5. The molecule has 8 nitrogen and oxygen atoms in total. The van der Waals surface area contributed by atoms with Crippen LogP contribution in [0.2, 0.25) is 0 Å². The highest BCUT2D eigenvalue weighted by Crippen LogP contribution is 2.33. The van der Waals surface area contributed by atoms with Gasteiger partial charge < -0.3 is 15.6 Å². The van der Waals surface area contributed by atoms with Crippen LogP contribution in [-0.4, -0.2) is 54.8 Å². The molecular weight excluding hydrogens is 448 g/mol. The molecule has 2 amide bonds. The third-order valence-electron chi connectivity index (χ3n) is 6.30. The van der Waals surface area contributed by atoms with Gasteiger partial charge in [0.1, 0.15) is 6.04 Å². The van der Waals surface area contributed by atoms with Gasteiger partial charge in [-0.1, -0.05) is 48.2 Å². The van der Waals surface area contributed by atoms with Gasteiger partial charge in [0.25, 0.3) is 0 Å². The average Bonchev–Trinajstić information content (AvgIpc) is 3.46. The molecule has 0 bridgehead atoms. The molecule has 1 unspecified atom stereocenters. The number of carbonyl (C=O) groups excluding carboxylic acids is 2. The van der Waals surface area contributed by atoms with Gasteiger partial charge in [-0.25, -0.2) is 0 Å². The molecule has 1 aliphatic heterocycles. The Morgan fingerprint density at radius 2 is 1.91 bits per heavy atom. The van der Waals surface area contributed by atoms with Crippen molar-refractivity contribution in [3.05, 3.63) is 60.3 Å². The van der Waals surface area contributed by atoms with Crippen LogP contribution in [0, 0.1) is 6.92 Å². The van der Waals surface area contributed by atoms with Gasteiger partial charge in [-0.05, 0) is 43.9 Å². The Morgan fingerprint density at radius 3 is 2.74 bits per heavy atom. The molecule has 0 radical (unpaired) electrons. The molecule has 0 spiro atoms. The molecule has 0 aliphatic carbocycles. The third-order valence-corrected chi connectivity index (χ3v) is 7.21. The molecule has 1 atom stereocenters. The van der Waals surface area contributed by atoms with Crippen LogP contribution in [0.3, 0.4) is 0 Å². The number of nitrogens with zero attached hydrogens (tertiary/aromatic N) is 4. The van der Waals surface area contributed by atoms with Crippen molar-refractivity contribution in [2.75, 3.05) is 12.3 Å². The fraction of sp³-hybridized carbons (Fsp3) is 0.280. The summed E-state index contributed by atoms with van der Waals surface area (Å²) in [4.78, 5) is 29.8. The molecule has 4 aromatic rings. The Labute approximate surface area is 201 Å². The summed E-state index contributed by atoms with van der Waals surface area (Å²) in [5.74, 6) is 0.306. The Bertz CT molecular complexity index is 1360. The predicted octanol–water partition coefficient (Wildman–Crippen LogP) is 3.68. The summed E-state index contributed by atoms with van der Waals surface area (Å²) >= 11 is 1.33. The fourth-order valence-electron chi connectivity index (χ4n) is 4.56. The van der Waals surface area contributed by atoms with E-state index in [1.807, 2.05) is 60.2 Å². The van der Waals surface area contributed by atoms with Crippen LogP contribution in [0.1, 0.15) is 24.8 Å². The van der Waals surface area contributed by atoms with Gasteiger partial charge in [0, 0.05) is 29.2 Å². The van der Waals surface area contributed by atoms with Crippen molar-refractivity contribution < 1.29 is 9.59 Å². The van der Waals surface area contributed by atoms with Gasteiger partial charge in [0.2, 0.25) is 11.8 Å². The minimum atomic E-state index is -0.530. The number of amides is 2.